The summed E-state index contributed by atoms with van der Waals surface area (Å²) in [7, 11) is 1.34. The minimum absolute atomic E-state index is 0.300. The molecule has 4 heteroatoms. The summed E-state index contributed by atoms with van der Waals surface area (Å²) in [6.45, 7) is 0. The average Bonchev–Trinajstić information content (AvgIpc) is 2.05. The lowest BCUT2D eigenvalue weighted by Gasteiger charge is -2.05. The Balaban J connectivity index is 2.81. The molecule has 1 unspecified atom stereocenters. The fraction of sp³-hybridized carbons (Fsp3) is 0.286. The summed E-state index contributed by atoms with van der Waals surface area (Å²) in [6, 6.07) is 2.58. The highest BCUT2D eigenvalue weighted by Gasteiger charge is 2.05. The van der Waals surface area contributed by atoms with Crippen molar-refractivity contribution in [2.24, 2.45) is 0 Å². The monoisotopic (exact) mass is 157 g/mol. The molecule has 0 aliphatic heterocycles. The summed E-state index contributed by atoms with van der Waals surface area (Å²) in [4.78, 5) is 3.60. The van der Waals surface area contributed by atoms with E-state index < -0.39 is 12.1 Å². The molecule has 0 aliphatic carbocycles. The van der Waals surface area contributed by atoms with E-state index in [1.165, 1.54) is 19.2 Å². The van der Waals surface area contributed by atoms with Gasteiger partial charge in [-0.1, -0.05) is 0 Å². The lowest BCUT2D eigenvalue weighted by atomic mass is 10.3. The Bertz CT molecular complexity index is 224. The van der Waals surface area contributed by atoms with Gasteiger partial charge in [-0.15, -0.1) is 0 Å². The van der Waals surface area contributed by atoms with Crippen molar-refractivity contribution >= 4 is 0 Å². The normalized spacial score (nSPS) is 13.0. The zero-order valence-corrected chi connectivity index (χ0v) is 5.99. The third kappa shape index (κ3) is 1.96. The molecule has 0 bridgehead atoms. The highest BCUT2D eigenvalue weighted by atomic mass is 19.1. The molecule has 11 heavy (non-hydrogen) atoms. The number of aliphatic hydroxyl groups excluding tert-OH is 1. The second-order valence-electron chi connectivity index (χ2n) is 1.99. The van der Waals surface area contributed by atoms with Gasteiger partial charge in [-0.3, -0.25) is 4.98 Å². The number of pyridine rings is 1. The molecule has 0 amide bonds. The van der Waals surface area contributed by atoms with Gasteiger partial charge >= 0.3 is 0 Å². The van der Waals surface area contributed by atoms with Crippen LogP contribution in [0.3, 0.4) is 0 Å². The van der Waals surface area contributed by atoms with Gasteiger partial charge in [0.05, 0.1) is 11.9 Å². The highest BCUT2D eigenvalue weighted by Crippen LogP contribution is 2.09. The molecule has 1 aromatic heterocycles. The van der Waals surface area contributed by atoms with E-state index in [0.717, 1.165) is 6.20 Å². The van der Waals surface area contributed by atoms with Gasteiger partial charge in [-0.05, 0) is 12.1 Å². The van der Waals surface area contributed by atoms with E-state index in [2.05, 4.69) is 9.72 Å². The van der Waals surface area contributed by atoms with Crippen molar-refractivity contribution in [2.75, 3.05) is 7.11 Å². The molecule has 0 aromatic carbocycles. The zero-order chi connectivity index (χ0) is 8.27. The topological polar surface area (TPSA) is 42.4 Å². The molecule has 1 N–H and O–H groups in total. The molecule has 1 aromatic rings. The Labute approximate surface area is 63.5 Å². The first kappa shape index (κ1) is 8.10. The first-order valence-corrected chi connectivity index (χ1v) is 3.06. The number of aliphatic hydroxyl groups is 1. The Morgan fingerprint density at radius 3 is 2.82 bits per heavy atom. The molecule has 0 spiro atoms. The fourth-order valence-corrected chi connectivity index (χ4v) is 0.654. The van der Waals surface area contributed by atoms with Crippen LogP contribution in [0, 0.1) is 5.82 Å². The van der Waals surface area contributed by atoms with Gasteiger partial charge in [0.25, 0.3) is 0 Å². The van der Waals surface area contributed by atoms with E-state index in [-0.39, 0.29) is 0 Å². The third-order valence-corrected chi connectivity index (χ3v) is 1.23. The quantitative estimate of drug-likeness (QED) is 0.647. The Hall–Kier alpha value is -1.00. The van der Waals surface area contributed by atoms with Crippen molar-refractivity contribution in [3.05, 3.63) is 29.8 Å². The number of halogens is 1. The largest absolute Gasteiger partial charge is 0.363 e. The Morgan fingerprint density at radius 2 is 2.36 bits per heavy atom. The van der Waals surface area contributed by atoms with Crippen molar-refractivity contribution in [3.63, 3.8) is 0 Å². The number of aromatic nitrogens is 1. The van der Waals surface area contributed by atoms with Crippen LogP contribution in [0.15, 0.2) is 18.3 Å². The van der Waals surface area contributed by atoms with Crippen LogP contribution < -0.4 is 0 Å². The molecule has 0 radical (unpaired) electrons. The van der Waals surface area contributed by atoms with Crippen LogP contribution in [0.5, 0.6) is 0 Å². The number of hydrogen-bond donors (Lipinski definition) is 1. The summed E-state index contributed by atoms with van der Waals surface area (Å²) in [5.41, 5.74) is 0.300. The standard InChI is InChI=1S/C7H8FNO2/c1-11-7(10)6-3-2-5(8)4-9-6/h2-4,7,10H,1H3. The molecule has 0 aliphatic rings. The second kappa shape index (κ2) is 3.41. The molecular weight excluding hydrogens is 149 g/mol. The Morgan fingerprint density at radius 1 is 1.64 bits per heavy atom. The lowest BCUT2D eigenvalue weighted by Crippen LogP contribution is -2.01. The molecule has 1 heterocycles. The summed E-state index contributed by atoms with van der Waals surface area (Å²) in [5, 5.41) is 9.01. The van der Waals surface area contributed by atoms with Crippen LogP contribution in [0.2, 0.25) is 0 Å². The van der Waals surface area contributed by atoms with Gasteiger partial charge < -0.3 is 9.84 Å². The van der Waals surface area contributed by atoms with Crippen molar-refractivity contribution in [3.8, 4) is 0 Å². The first-order valence-electron chi connectivity index (χ1n) is 3.06. The maximum Gasteiger partial charge on any atom is 0.198 e. The van der Waals surface area contributed by atoms with E-state index in [1.807, 2.05) is 0 Å². The SMILES string of the molecule is COC(O)c1ccc(F)cn1. The van der Waals surface area contributed by atoms with Crippen LogP contribution in [0.25, 0.3) is 0 Å². The van der Waals surface area contributed by atoms with E-state index in [9.17, 15) is 4.39 Å². The molecule has 60 valence electrons. The van der Waals surface area contributed by atoms with E-state index >= 15 is 0 Å². The number of ether oxygens (including phenoxy) is 1. The minimum Gasteiger partial charge on any atom is -0.363 e. The van der Waals surface area contributed by atoms with Crippen molar-refractivity contribution in [1.82, 2.24) is 4.98 Å². The average molecular weight is 157 g/mol. The predicted molar refractivity (Wildman–Crippen MR) is 36.2 cm³/mol. The van der Waals surface area contributed by atoms with Crippen LogP contribution in [0.4, 0.5) is 4.39 Å². The second-order valence-corrected chi connectivity index (χ2v) is 1.99. The zero-order valence-electron chi connectivity index (χ0n) is 5.99. The van der Waals surface area contributed by atoms with Crippen molar-refractivity contribution in [2.45, 2.75) is 6.29 Å². The fourth-order valence-electron chi connectivity index (χ4n) is 0.654. The molecule has 0 fully saturated rings. The predicted octanol–water partition coefficient (Wildman–Crippen LogP) is 0.858. The maximum absolute atomic E-state index is 12.3. The summed E-state index contributed by atoms with van der Waals surface area (Å²) in [6.07, 6.45) is -0.0481. The van der Waals surface area contributed by atoms with E-state index in [1.54, 1.807) is 0 Å². The van der Waals surface area contributed by atoms with Gasteiger partial charge in [0.2, 0.25) is 0 Å². The smallest absolute Gasteiger partial charge is 0.198 e. The summed E-state index contributed by atoms with van der Waals surface area (Å²) >= 11 is 0. The Kier molecular flexibility index (Phi) is 2.51. The van der Waals surface area contributed by atoms with Crippen molar-refractivity contribution in [1.29, 1.82) is 0 Å². The molecule has 0 saturated heterocycles. The minimum atomic E-state index is -1.07. The molecule has 0 saturated carbocycles. The number of methoxy groups -OCH3 is 1. The van der Waals surface area contributed by atoms with E-state index in [0.29, 0.717) is 5.69 Å². The van der Waals surface area contributed by atoms with Crippen LogP contribution in [-0.4, -0.2) is 17.2 Å². The maximum atomic E-state index is 12.3. The number of nitrogens with zero attached hydrogens (tertiary/aromatic N) is 1. The molecule has 1 rings (SSSR count). The highest BCUT2D eigenvalue weighted by molar-refractivity contribution is 5.05. The summed E-state index contributed by atoms with van der Waals surface area (Å²) in [5.74, 6) is -0.433. The van der Waals surface area contributed by atoms with Crippen LogP contribution in [0.1, 0.15) is 12.0 Å². The number of rotatable bonds is 2. The number of hydrogen-bond acceptors (Lipinski definition) is 3. The van der Waals surface area contributed by atoms with Gasteiger partial charge in [-0.2, -0.15) is 0 Å². The summed E-state index contributed by atoms with van der Waals surface area (Å²) < 4.78 is 16.8. The van der Waals surface area contributed by atoms with Gasteiger partial charge in [0.1, 0.15) is 5.82 Å². The first-order chi connectivity index (χ1) is 5.24. The molecular formula is C7H8FNO2. The van der Waals surface area contributed by atoms with Gasteiger partial charge in [-0.25, -0.2) is 4.39 Å². The lowest BCUT2D eigenvalue weighted by molar-refractivity contribution is -0.0799. The van der Waals surface area contributed by atoms with E-state index in [4.69, 9.17) is 5.11 Å². The molecule has 3 nitrogen and oxygen atoms in total. The van der Waals surface area contributed by atoms with Gasteiger partial charge in [0, 0.05) is 7.11 Å². The van der Waals surface area contributed by atoms with Crippen molar-refractivity contribution < 1.29 is 14.2 Å². The third-order valence-electron chi connectivity index (χ3n) is 1.23. The van der Waals surface area contributed by atoms with Crippen LogP contribution in [-0.2, 0) is 4.74 Å². The van der Waals surface area contributed by atoms with Crippen LogP contribution >= 0.6 is 0 Å². The van der Waals surface area contributed by atoms with Gasteiger partial charge in [0.15, 0.2) is 6.29 Å². The molecule has 1 atom stereocenters.